The fraction of sp³-hybridized carbons (Fsp3) is 0.273. The summed E-state index contributed by atoms with van der Waals surface area (Å²) in [5.41, 5.74) is 3.16. The predicted octanol–water partition coefficient (Wildman–Crippen LogP) is 3.67. The van der Waals surface area contributed by atoms with E-state index in [0.29, 0.717) is 42.9 Å². The van der Waals surface area contributed by atoms with Gasteiger partial charge in [0, 0.05) is 0 Å². The smallest absolute Gasteiger partial charge is 0.262 e. The second kappa shape index (κ2) is 8.19. The summed E-state index contributed by atoms with van der Waals surface area (Å²) < 4.78 is 24.3. The van der Waals surface area contributed by atoms with Gasteiger partial charge in [-0.2, -0.15) is 4.98 Å². The number of hydrogen-bond acceptors (Lipinski definition) is 8. The maximum atomic E-state index is 6.08. The Balaban J connectivity index is 1.39. The summed E-state index contributed by atoms with van der Waals surface area (Å²) in [5, 5.41) is 12.7. The molecule has 9 nitrogen and oxygen atoms in total. The highest BCUT2D eigenvalue weighted by Gasteiger charge is 2.28. The van der Waals surface area contributed by atoms with E-state index in [9.17, 15) is 0 Å². The van der Waals surface area contributed by atoms with Crippen molar-refractivity contribution in [2.75, 3.05) is 13.7 Å². The number of aromatic nitrogens is 5. The van der Waals surface area contributed by atoms with Crippen LogP contribution in [0.5, 0.6) is 11.5 Å². The molecule has 158 valence electrons. The van der Waals surface area contributed by atoms with E-state index in [1.807, 2.05) is 60.1 Å². The van der Waals surface area contributed by atoms with Crippen LogP contribution in [0.25, 0.3) is 23.0 Å². The Bertz CT molecular complexity index is 1180. The third-order valence-electron chi connectivity index (χ3n) is 5.14. The molecule has 2 aromatic carbocycles. The number of ether oxygens (including phenoxy) is 3. The maximum absolute atomic E-state index is 6.08. The minimum Gasteiger partial charge on any atom is -0.497 e. The van der Waals surface area contributed by atoms with Crippen molar-refractivity contribution in [3.05, 3.63) is 59.8 Å². The Morgan fingerprint density at radius 2 is 1.97 bits per heavy atom. The SMILES string of the molecule is CCOc1ccccc1-c1nc(-c2nnn3c2CO[C@H](c2ccc(OC)cc2)C3)no1. The van der Waals surface area contributed by atoms with E-state index in [4.69, 9.17) is 18.7 Å². The van der Waals surface area contributed by atoms with Gasteiger partial charge >= 0.3 is 0 Å². The number of para-hydroxylation sites is 1. The number of rotatable bonds is 6. The summed E-state index contributed by atoms with van der Waals surface area (Å²) in [6, 6.07) is 15.4. The summed E-state index contributed by atoms with van der Waals surface area (Å²) in [5.74, 6) is 2.24. The van der Waals surface area contributed by atoms with Crippen LogP contribution in [0.3, 0.4) is 0 Å². The normalized spacial score (nSPS) is 15.5. The molecular formula is C22H21N5O4. The quantitative estimate of drug-likeness (QED) is 0.467. The highest BCUT2D eigenvalue weighted by Crippen LogP contribution is 2.33. The molecule has 3 heterocycles. The molecule has 2 aromatic heterocycles. The summed E-state index contributed by atoms with van der Waals surface area (Å²) in [4.78, 5) is 4.53. The number of benzene rings is 2. The van der Waals surface area contributed by atoms with E-state index in [2.05, 4.69) is 20.5 Å². The fourth-order valence-electron chi connectivity index (χ4n) is 3.56. The summed E-state index contributed by atoms with van der Waals surface area (Å²) in [6.07, 6.45) is -0.119. The van der Waals surface area contributed by atoms with Gasteiger partial charge in [0.1, 0.15) is 17.6 Å². The molecular weight excluding hydrogens is 398 g/mol. The molecule has 1 atom stereocenters. The Kier molecular flexibility index (Phi) is 5.09. The van der Waals surface area contributed by atoms with E-state index in [1.54, 1.807) is 7.11 Å². The largest absolute Gasteiger partial charge is 0.497 e. The van der Waals surface area contributed by atoms with Crippen molar-refractivity contribution in [3.63, 3.8) is 0 Å². The number of fused-ring (bicyclic) bond motifs is 1. The molecule has 0 amide bonds. The van der Waals surface area contributed by atoms with Crippen LogP contribution in [-0.2, 0) is 17.9 Å². The van der Waals surface area contributed by atoms with Crippen molar-refractivity contribution in [1.82, 2.24) is 25.1 Å². The van der Waals surface area contributed by atoms with Gasteiger partial charge in [0.05, 0.1) is 38.1 Å². The molecule has 4 aromatic rings. The first kappa shape index (κ1) is 19.3. The molecule has 0 unspecified atom stereocenters. The summed E-state index contributed by atoms with van der Waals surface area (Å²) >= 11 is 0. The lowest BCUT2D eigenvalue weighted by atomic mass is 10.1. The lowest BCUT2D eigenvalue weighted by molar-refractivity contribution is -0.00114. The average Bonchev–Trinajstić information content (AvgIpc) is 3.46. The van der Waals surface area contributed by atoms with Crippen LogP contribution in [0.1, 0.15) is 24.3 Å². The van der Waals surface area contributed by atoms with Gasteiger partial charge in [0.2, 0.25) is 5.82 Å². The molecule has 0 saturated heterocycles. The van der Waals surface area contributed by atoms with Crippen molar-refractivity contribution < 1.29 is 18.7 Å². The second-order valence-corrected chi connectivity index (χ2v) is 6.99. The van der Waals surface area contributed by atoms with E-state index in [1.165, 1.54) is 0 Å². The van der Waals surface area contributed by atoms with Crippen molar-refractivity contribution in [2.45, 2.75) is 26.2 Å². The van der Waals surface area contributed by atoms with Crippen LogP contribution in [0, 0.1) is 0 Å². The van der Waals surface area contributed by atoms with Gasteiger partial charge in [-0.05, 0) is 36.8 Å². The third kappa shape index (κ3) is 3.64. The Morgan fingerprint density at radius 3 is 2.77 bits per heavy atom. The molecule has 0 bridgehead atoms. The van der Waals surface area contributed by atoms with Crippen LogP contribution >= 0.6 is 0 Å². The maximum Gasteiger partial charge on any atom is 0.262 e. The zero-order chi connectivity index (χ0) is 21.2. The molecule has 0 spiro atoms. The zero-order valence-electron chi connectivity index (χ0n) is 17.2. The lowest BCUT2D eigenvalue weighted by Crippen LogP contribution is -2.22. The third-order valence-corrected chi connectivity index (χ3v) is 5.14. The molecule has 0 N–H and O–H groups in total. The standard InChI is InChI=1S/C22H21N5O4/c1-3-29-18-7-5-4-6-16(18)22-23-21(25-31-22)20-17-13-30-19(12-27(17)26-24-20)14-8-10-15(28-2)11-9-14/h4-11,19H,3,12-13H2,1-2H3/t19-/m0/s1. The monoisotopic (exact) mass is 419 g/mol. The zero-order valence-corrected chi connectivity index (χ0v) is 17.2. The van der Waals surface area contributed by atoms with Crippen molar-refractivity contribution in [2.24, 2.45) is 0 Å². The van der Waals surface area contributed by atoms with Crippen molar-refractivity contribution in [3.8, 4) is 34.5 Å². The Hall–Kier alpha value is -3.72. The Morgan fingerprint density at radius 1 is 1.13 bits per heavy atom. The van der Waals surface area contributed by atoms with Crippen LogP contribution in [-0.4, -0.2) is 38.9 Å². The Labute approximate surface area is 178 Å². The van der Waals surface area contributed by atoms with E-state index in [0.717, 1.165) is 22.6 Å². The molecule has 31 heavy (non-hydrogen) atoms. The minimum absolute atomic E-state index is 0.119. The molecule has 0 radical (unpaired) electrons. The van der Waals surface area contributed by atoms with Gasteiger partial charge in [0.25, 0.3) is 5.89 Å². The van der Waals surface area contributed by atoms with E-state index >= 15 is 0 Å². The summed E-state index contributed by atoms with van der Waals surface area (Å²) in [6.45, 7) is 3.37. The highest BCUT2D eigenvalue weighted by atomic mass is 16.5. The number of nitrogens with zero attached hydrogens (tertiary/aromatic N) is 5. The van der Waals surface area contributed by atoms with Crippen molar-refractivity contribution in [1.29, 1.82) is 0 Å². The lowest BCUT2D eigenvalue weighted by Gasteiger charge is -2.24. The fourth-order valence-corrected chi connectivity index (χ4v) is 3.56. The minimum atomic E-state index is -0.119. The van der Waals surface area contributed by atoms with Gasteiger partial charge in [-0.15, -0.1) is 5.10 Å². The van der Waals surface area contributed by atoms with Gasteiger partial charge < -0.3 is 18.7 Å². The number of methoxy groups -OCH3 is 1. The molecule has 0 aliphatic carbocycles. The van der Waals surface area contributed by atoms with Crippen LogP contribution in [0.4, 0.5) is 0 Å². The molecule has 0 saturated carbocycles. The first-order valence-corrected chi connectivity index (χ1v) is 10.0. The average molecular weight is 419 g/mol. The van der Waals surface area contributed by atoms with Crippen LogP contribution in [0.2, 0.25) is 0 Å². The van der Waals surface area contributed by atoms with Gasteiger partial charge in [-0.3, -0.25) is 0 Å². The van der Waals surface area contributed by atoms with Crippen LogP contribution < -0.4 is 9.47 Å². The van der Waals surface area contributed by atoms with E-state index < -0.39 is 0 Å². The van der Waals surface area contributed by atoms with E-state index in [-0.39, 0.29) is 6.10 Å². The second-order valence-electron chi connectivity index (χ2n) is 6.99. The topological polar surface area (TPSA) is 97.3 Å². The molecule has 1 aliphatic heterocycles. The summed E-state index contributed by atoms with van der Waals surface area (Å²) in [7, 11) is 1.65. The van der Waals surface area contributed by atoms with Gasteiger partial charge in [-0.25, -0.2) is 4.68 Å². The molecule has 0 fully saturated rings. The first-order valence-electron chi connectivity index (χ1n) is 10.0. The van der Waals surface area contributed by atoms with Gasteiger partial charge in [-0.1, -0.05) is 34.6 Å². The molecule has 9 heteroatoms. The highest BCUT2D eigenvalue weighted by molar-refractivity contribution is 5.64. The molecule has 5 rings (SSSR count). The molecule has 1 aliphatic rings. The number of hydrogen-bond donors (Lipinski definition) is 0. The predicted molar refractivity (Wildman–Crippen MR) is 110 cm³/mol. The van der Waals surface area contributed by atoms with Gasteiger partial charge in [0.15, 0.2) is 5.69 Å². The van der Waals surface area contributed by atoms with Crippen LogP contribution in [0.15, 0.2) is 53.1 Å². The first-order chi connectivity index (χ1) is 15.3. The van der Waals surface area contributed by atoms with Crippen molar-refractivity contribution >= 4 is 0 Å².